The summed E-state index contributed by atoms with van der Waals surface area (Å²) in [5, 5.41) is 4.25. The van der Waals surface area contributed by atoms with Crippen molar-refractivity contribution in [1.82, 2.24) is 19.3 Å². The highest BCUT2D eigenvalue weighted by molar-refractivity contribution is 5.07. The third-order valence-electron chi connectivity index (χ3n) is 2.59. The Balaban J connectivity index is 2.01. The van der Waals surface area contributed by atoms with Crippen LogP contribution in [0.3, 0.4) is 0 Å². The summed E-state index contributed by atoms with van der Waals surface area (Å²) in [6.07, 6.45) is 8.68. The van der Waals surface area contributed by atoms with Crippen LogP contribution in [-0.4, -0.2) is 25.4 Å². The van der Waals surface area contributed by atoms with Crippen LogP contribution in [-0.2, 0) is 19.5 Å². The second kappa shape index (κ2) is 5.14. The number of hydrogen-bond acceptors (Lipinski definition) is 3. The number of rotatable bonds is 5. The van der Waals surface area contributed by atoms with Gasteiger partial charge < -0.3 is 10.3 Å². The highest BCUT2D eigenvalue weighted by Crippen LogP contribution is 2.04. The Bertz CT molecular complexity index is 469. The van der Waals surface area contributed by atoms with Crippen molar-refractivity contribution in [2.24, 2.45) is 5.73 Å². The summed E-state index contributed by atoms with van der Waals surface area (Å²) >= 11 is 0. The molecule has 0 amide bonds. The Morgan fingerprint density at radius 2 is 2.24 bits per heavy atom. The van der Waals surface area contributed by atoms with E-state index in [-0.39, 0.29) is 6.04 Å². The first kappa shape index (κ1) is 11.9. The van der Waals surface area contributed by atoms with E-state index in [1.54, 1.807) is 0 Å². The van der Waals surface area contributed by atoms with Crippen LogP contribution in [0.1, 0.15) is 25.1 Å². The summed E-state index contributed by atoms with van der Waals surface area (Å²) in [5.74, 6) is 0. The predicted octanol–water partition coefficient (Wildman–Crippen LogP) is 1.04. The van der Waals surface area contributed by atoms with Gasteiger partial charge in [0.1, 0.15) is 0 Å². The van der Waals surface area contributed by atoms with Crippen molar-refractivity contribution in [3.63, 3.8) is 0 Å². The van der Waals surface area contributed by atoms with Gasteiger partial charge in [0.2, 0.25) is 0 Å². The van der Waals surface area contributed by atoms with Crippen LogP contribution in [0.15, 0.2) is 24.9 Å². The lowest BCUT2D eigenvalue weighted by Gasteiger charge is -2.00. The van der Waals surface area contributed by atoms with Crippen LogP contribution < -0.4 is 5.73 Å². The molecule has 0 saturated heterocycles. The van der Waals surface area contributed by atoms with Gasteiger partial charge in [-0.3, -0.25) is 4.68 Å². The van der Waals surface area contributed by atoms with Gasteiger partial charge >= 0.3 is 0 Å². The maximum absolute atomic E-state index is 5.75. The molecule has 1 unspecified atom stereocenters. The summed E-state index contributed by atoms with van der Waals surface area (Å²) in [4.78, 5) is 4.34. The van der Waals surface area contributed by atoms with Crippen molar-refractivity contribution in [2.75, 3.05) is 0 Å². The number of aromatic nitrogens is 4. The topological polar surface area (TPSA) is 61.7 Å². The van der Waals surface area contributed by atoms with Crippen molar-refractivity contribution in [3.05, 3.63) is 36.2 Å². The minimum Gasteiger partial charge on any atom is -0.333 e. The van der Waals surface area contributed by atoms with E-state index in [1.807, 2.05) is 30.3 Å². The molecule has 17 heavy (non-hydrogen) atoms. The summed E-state index contributed by atoms with van der Waals surface area (Å²) in [6, 6.07) is 0.154. The van der Waals surface area contributed by atoms with Gasteiger partial charge in [0, 0.05) is 37.0 Å². The first-order chi connectivity index (χ1) is 8.17. The van der Waals surface area contributed by atoms with E-state index in [0.29, 0.717) is 0 Å². The van der Waals surface area contributed by atoms with Gasteiger partial charge in [-0.15, -0.1) is 0 Å². The van der Waals surface area contributed by atoms with Crippen molar-refractivity contribution < 1.29 is 0 Å². The lowest BCUT2D eigenvalue weighted by molar-refractivity contribution is 0.658. The van der Waals surface area contributed by atoms with Crippen LogP contribution in [0.25, 0.3) is 0 Å². The monoisotopic (exact) mass is 233 g/mol. The number of hydrogen-bond donors (Lipinski definition) is 1. The van der Waals surface area contributed by atoms with Gasteiger partial charge in [0.25, 0.3) is 0 Å². The van der Waals surface area contributed by atoms with Gasteiger partial charge in [-0.05, 0) is 13.8 Å². The van der Waals surface area contributed by atoms with Crippen LogP contribution in [0.5, 0.6) is 0 Å². The molecule has 0 aliphatic rings. The summed E-state index contributed by atoms with van der Waals surface area (Å²) in [7, 11) is 0. The van der Waals surface area contributed by atoms with E-state index < -0.39 is 0 Å². The zero-order valence-electron chi connectivity index (χ0n) is 10.4. The Labute approximate surface area is 101 Å². The number of aryl methyl sites for hydroxylation is 1. The molecular formula is C12H19N5. The van der Waals surface area contributed by atoms with Crippen LogP contribution >= 0.6 is 0 Å². The quantitative estimate of drug-likeness (QED) is 0.839. The second-order valence-corrected chi connectivity index (χ2v) is 4.42. The fraction of sp³-hybridized carbons (Fsp3) is 0.500. The van der Waals surface area contributed by atoms with Gasteiger partial charge in [-0.1, -0.05) is 0 Å². The summed E-state index contributed by atoms with van der Waals surface area (Å²) in [5.41, 5.74) is 7.98. The van der Waals surface area contributed by atoms with Crippen molar-refractivity contribution in [3.8, 4) is 0 Å². The molecule has 0 radical (unpaired) electrons. The van der Waals surface area contributed by atoms with E-state index in [2.05, 4.69) is 27.8 Å². The molecule has 5 nitrogen and oxygen atoms in total. The molecule has 0 aromatic carbocycles. The lowest BCUT2D eigenvalue weighted by atomic mass is 10.2. The van der Waals surface area contributed by atoms with E-state index >= 15 is 0 Å². The average Bonchev–Trinajstić information content (AvgIpc) is 2.88. The standard InChI is InChI=1S/C12H19N5/c1-3-17-7-11(5-15-17)6-16-8-12(14-9-16)4-10(2)13/h5,7-10H,3-4,6,13H2,1-2H3. The summed E-state index contributed by atoms with van der Waals surface area (Å²) in [6.45, 7) is 5.78. The smallest absolute Gasteiger partial charge is 0.0952 e. The molecular weight excluding hydrogens is 214 g/mol. The molecule has 0 saturated carbocycles. The zero-order chi connectivity index (χ0) is 12.3. The fourth-order valence-electron chi connectivity index (χ4n) is 1.80. The second-order valence-electron chi connectivity index (χ2n) is 4.42. The number of nitrogens with zero attached hydrogens (tertiary/aromatic N) is 4. The molecule has 2 heterocycles. The maximum Gasteiger partial charge on any atom is 0.0952 e. The minimum absolute atomic E-state index is 0.154. The Hall–Kier alpha value is -1.62. The molecule has 0 aliphatic carbocycles. The molecule has 92 valence electrons. The maximum atomic E-state index is 5.75. The fourth-order valence-corrected chi connectivity index (χ4v) is 1.80. The van der Waals surface area contributed by atoms with Crippen LogP contribution in [0.4, 0.5) is 0 Å². The SMILES string of the molecule is CCn1cc(Cn2cnc(CC(C)N)c2)cn1. The molecule has 0 fully saturated rings. The van der Waals surface area contributed by atoms with E-state index in [0.717, 1.165) is 25.2 Å². The van der Waals surface area contributed by atoms with Crippen molar-refractivity contribution >= 4 is 0 Å². The van der Waals surface area contributed by atoms with E-state index in [4.69, 9.17) is 5.73 Å². The Morgan fingerprint density at radius 1 is 1.41 bits per heavy atom. The van der Waals surface area contributed by atoms with Gasteiger partial charge in [0.15, 0.2) is 0 Å². The normalized spacial score (nSPS) is 12.9. The van der Waals surface area contributed by atoms with E-state index in [1.165, 1.54) is 5.56 Å². The molecule has 0 spiro atoms. The van der Waals surface area contributed by atoms with E-state index in [9.17, 15) is 0 Å². The molecule has 0 aliphatic heterocycles. The van der Waals surface area contributed by atoms with Crippen molar-refractivity contribution in [2.45, 2.75) is 39.4 Å². The molecule has 2 aromatic heterocycles. The first-order valence-corrected chi connectivity index (χ1v) is 5.95. The summed E-state index contributed by atoms with van der Waals surface area (Å²) < 4.78 is 3.99. The van der Waals surface area contributed by atoms with Gasteiger partial charge in [0.05, 0.1) is 24.8 Å². The molecule has 2 rings (SSSR count). The zero-order valence-corrected chi connectivity index (χ0v) is 10.4. The van der Waals surface area contributed by atoms with Crippen LogP contribution in [0, 0.1) is 0 Å². The molecule has 2 aromatic rings. The molecule has 1 atom stereocenters. The van der Waals surface area contributed by atoms with Crippen molar-refractivity contribution in [1.29, 1.82) is 0 Å². The minimum atomic E-state index is 0.154. The highest BCUT2D eigenvalue weighted by atomic mass is 15.3. The highest BCUT2D eigenvalue weighted by Gasteiger charge is 2.03. The lowest BCUT2D eigenvalue weighted by Crippen LogP contribution is -2.17. The molecule has 0 bridgehead atoms. The largest absolute Gasteiger partial charge is 0.333 e. The average molecular weight is 233 g/mol. The van der Waals surface area contributed by atoms with Gasteiger partial charge in [-0.25, -0.2) is 4.98 Å². The predicted molar refractivity (Wildman–Crippen MR) is 66.6 cm³/mol. The third kappa shape index (κ3) is 3.17. The van der Waals surface area contributed by atoms with Gasteiger partial charge in [-0.2, -0.15) is 5.10 Å². The first-order valence-electron chi connectivity index (χ1n) is 5.95. The Morgan fingerprint density at radius 3 is 2.88 bits per heavy atom. The van der Waals surface area contributed by atoms with Crippen LogP contribution in [0.2, 0.25) is 0 Å². The molecule has 5 heteroatoms. The number of nitrogens with two attached hydrogens (primary N) is 1. The Kier molecular flexibility index (Phi) is 3.58. The third-order valence-corrected chi connectivity index (χ3v) is 2.59. The number of imidazole rings is 1. The molecule has 2 N–H and O–H groups in total.